The minimum absolute atomic E-state index is 0.0957. The average Bonchev–Trinajstić information content (AvgIpc) is 2.94. The van der Waals surface area contributed by atoms with Gasteiger partial charge in [0.1, 0.15) is 18.3 Å². The van der Waals surface area contributed by atoms with Gasteiger partial charge in [0.15, 0.2) is 0 Å². The Hall–Kier alpha value is -2.42. The first-order valence-corrected chi connectivity index (χ1v) is 16.0. The van der Waals surface area contributed by atoms with Gasteiger partial charge in [0.25, 0.3) is 0 Å². The van der Waals surface area contributed by atoms with E-state index in [0.717, 1.165) is 16.7 Å². The molecule has 5 atom stereocenters. The zero-order valence-corrected chi connectivity index (χ0v) is 24.8. The number of benzene rings is 3. The Balaban J connectivity index is 1.62. The minimum Gasteiger partial charge on any atom is -0.449 e. The molecule has 0 saturated carbocycles. The zero-order valence-electron chi connectivity index (χ0n) is 23.1. The molecule has 1 N–H and O–H groups in total. The lowest BCUT2D eigenvalue weighted by Gasteiger charge is -2.45. The molecule has 40 heavy (non-hydrogen) atoms. The molecule has 0 spiro atoms. The van der Waals surface area contributed by atoms with Crippen molar-refractivity contribution >= 4 is 24.3 Å². The summed E-state index contributed by atoms with van der Waals surface area (Å²) in [4.78, 5) is 24.4. The Labute approximate surface area is 241 Å². The maximum absolute atomic E-state index is 13.0. The van der Waals surface area contributed by atoms with Gasteiger partial charge < -0.3 is 28.4 Å². The van der Waals surface area contributed by atoms with Crippen molar-refractivity contribution in [1.29, 1.82) is 0 Å². The van der Waals surface area contributed by atoms with Crippen LogP contribution >= 0.6 is 6.49 Å². The Kier molecular flexibility index (Phi) is 10.7. The lowest BCUT2D eigenvalue weighted by atomic mass is 9.97. The molecular weight excluding hydrogens is 547 g/mol. The van der Waals surface area contributed by atoms with Crippen molar-refractivity contribution in [2.45, 2.75) is 64.7 Å². The molecule has 0 aromatic heterocycles. The normalized spacial score (nSPS) is 24.9. The van der Waals surface area contributed by atoms with Crippen molar-refractivity contribution in [2.75, 3.05) is 6.61 Å². The van der Waals surface area contributed by atoms with Gasteiger partial charge in [0.2, 0.25) is 12.3 Å². The van der Waals surface area contributed by atoms with Crippen molar-refractivity contribution in [3.8, 4) is 0 Å². The molecule has 0 aliphatic carbocycles. The summed E-state index contributed by atoms with van der Waals surface area (Å²) >= 11 is 5.59. The number of carbonyl (C=O) groups excluding carboxylic acids is 1. The fourth-order valence-electron chi connectivity index (χ4n) is 4.20. The molecule has 1 unspecified atom stereocenters. The fourth-order valence-corrected chi connectivity index (χ4v) is 6.56. The van der Waals surface area contributed by atoms with Crippen molar-refractivity contribution in [3.05, 3.63) is 108 Å². The van der Waals surface area contributed by atoms with Crippen LogP contribution in [0.15, 0.2) is 91.0 Å². The Morgan fingerprint density at radius 2 is 1.25 bits per heavy atom. The molecule has 0 amide bonds. The van der Waals surface area contributed by atoms with E-state index in [1.54, 1.807) is 20.8 Å². The lowest BCUT2D eigenvalue weighted by Crippen LogP contribution is -2.55. The van der Waals surface area contributed by atoms with E-state index in [9.17, 15) is 9.69 Å². The number of hydrogen-bond acceptors (Lipinski definition) is 7. The second-order valence-electron chi connectivity index (χ2n) is 10.8. The van der Waals surface area contributed by atoms with Crippen LogP contribution in [0.1, 0.15) is 37.5 Å². The van der Waals surface area contributed by atoms with Crippen LogP contribution in [0.25, 0.3) is 0 Å². The van der Waals surface area contributed by atoms with Crippen LogP contribution in [0, 0.1) is 5.41 Å². The molecule has 1 fully saturated rings. The molecule has 214 valence electrons. The van der Waals surface area contributed by atoms with E-state index in [-0.39, 0.29) is 19.8 Å². The van der Waals surface area contributed by atoms with Crippen LogP contribution in [-0.2, 0) is 59.9 Å². The lowest BCUT2D eigenvalue weighted by molar-refractivity contribution is -0.194. The Morgan fingerprint density at radius 1 is 0.800 bits per heavy atom. The van der Waals surface area contributed by atoms with Gasteiger partial charge in [-0.25, -0.2) is 0 Å². The molecule has 4 rings (SSSR count). The summed E-state index contributed by atoms with van der Waals surface area (Å²) in [5.74, 6) is -1.73. The number of rotatable bonds is 11. The second kappa shape index (κ2) is 14.0. The smallest absolute Gasteiger partial charge is 0.312 e. The summed E-state index contributed by atoms with van der Waals surface area (Å²) in [7, 11) is 0. The van der Waals surface area contributed by atoms with Crippen molar-refractivity contribution in [3.63, 3.8) is 0 Å². The third kappa shape index (κ3) is 8.54. The predicted molar refractivity (Wildman–Crippen MR) is 157 cm³/mol. The van der Waals surface area contributed by atoms with Crippen LogP contribution in [0.5, 0.6) is 0 Å². The highest BCUT2D eigenvalue weighted by molar-refractivity contribution is 8.09. The summed E-state index contributed by atoms with van der Waals surface area (Å²) in [5, 5.41) is 0. The zero-order chi connectivity index (χ0) is 28.6. The average molecular weight is 585 g/mol. The first-order valence-electron chi connectivity index (χ1n) is 13.3. The molecule has 9 heteroatoms. The SMILES string of the molecule is CC(C)(C)C(=O)O[C@@H]1[C@@H](OCc2ccccc2)[C@H](OCc2ccccc2)[C@@H](COCc2ccccc2)OP1(O)=S. The van der Waals surface area contributed by atoms with Gasteiger partial charge >= 0.3 is 5.97 Å². The molecule has 0 bridgehead atoms. The number of esters is 1. The highest BCUT2D eigenvalue weighted by Gasteiger charge is 2.53. The topological polar surface area (TPSA) is 83.5 Å². The predicted octanol–water partition coefficient (Wildman–Crippen LogP) is 5.99. The second-order valence-corrected chi connectivity index (χ2v) is 14.2. The molecule has 7 nitrogen and oxygen atoms in total. The number of carbonyl (C=O) groups is 1. The fraction of sp³-hybridized carbons (Fsp3) is 0.387. The largest absolute Gasteiger partial charge is 0.449 e. The van der Waals surface area contributed by atoms with Crippen molar-refractivity contribution in [2.24, 2.45) is 5.41 Å². The number of hydrogen-bond donors (Lipinski definition) is 1. The third-order valence-electron chi connectivity index (χ3n) is 6.38. The first kappa shape index (κ1) is 30.5. The quantitative estimate of drug-likeness (QED) is 0.217. The van der Waals surface area contributed by atoms with Crippen LogP contribution in [0.2, 0.25) is 0 Å². The molecule has 1 heterocycles. The van der Waals surface area contributed by atoms with E-state index in [1.807, 2.05) is 91.0 Å². The number of ether oxygens (including phenoxy) is 4. The van der Waals surface area contributed by atoms with E-state index in [2.05, 4.69) is 0 Å². The molecule has 1 aliphatic heterocycles. The van der Waals surface area contributed by atoms with E-state index in [1.165, 1.54) is 0 Å². The molecule has 3 aromatic carbocycles. The van der Waals surface area contributed by atoms with Crippen molar-refractivity contribution in [1.82, 2.24) is 0 Å². The summed E-state index contributed by atoms with van der Waals surface area (Å²) in [6.45, 7) is 2.42. The van der Waals surface area contributed by atoms with Crippen molar-refractivity contribution < 1.29 is 33.2 Å². The van der Waals surface area contributed by atoms with Crippen LogP contribution in [-0.4, -0.2) is 41.6 Å². The van der Waals surface area contributed by atoms with E-state index >= 15 is 0 Å². The molecule has 1 saturated heterocycles. The first-order chi connectivity index (χ1) is 19.1. The van der Waals surface area contributed by atoms with E-state index in [0.29, 0.717) is 6.61 Å². The molecular formula is C31H37O7PS. The highest BCUT2D eigenvalue weighted by atomic mass is 32.5. The van der Waals surface area contributed by atoms with Gasteiger partial charge in [-0.3, -0.25) is 4.79 Å². The van der Waals surface area contributed by atoms with E-state index < -0.39 is 42.0 Å². The molecule has 0 radical (unpaired) electrons. The van der Waals surface area contributed by atoms with Crippen LogP contribution in [0.4, 0.5) is 0 Å². The van der Waals surface area contributed by atoms with Gasteiger partial charge in [0, 0.05) is 0 Å². The van der Waals surface area contributed by atoms with Crippen LogP contribution < -0.4 is 0 Å². The highest BCUT2D eigenvalue weighted by Crippen LogP contribution is 2.57. The summed E-state index contributed by atoms with van der Waals surface area (Å²) < 4.78 is 30.8. The van der Waals surface area contributed by atoms with Gasteiger partial charge in [-0.05, 0) is 49.3 Å². The van der Waals surface area contributed by atoms with Gasteiger partial charge in [-0.15, -0.1) is 0 Å². The summed E-state index contributed by atoms with van der Waals surface area (Å²) in [5.41, 5.74) is 2.04. The summed E-state index contributed by atoms with van der Waals surface area (Å²) in [6, 6.07) is 29.1. The third-order valence-corrected chi connectivity index (χ3v) is 8.88. The van der Waals surface area contributed by atoms with Gasteiger partial charge in [-0.2, -0.15) is 0 Å². The Bertz CT molecular complexity index is 1250. The standard InChI is InChI=1S/C31H37O7PS/c1-31(2,3)30(32)37-29-28(36-21-25-17-11-6-12-18-25)27(35-20-24-15-9-5-10-16-24)26(38-39(29,33)40)22-34-19-23-13-7-4-8-14-23/h4-18,26-29H,19-22H2,1-3H3,(H,33,40)/t26-,27-,28+,29+,39?/m1/s1. The Morgan fingerprint density at radius 3 is 1.73 bits per heavy atom. The van der Waals surface area contributed by atoms with Gasteiger partial charge in [0.05, 0.1) is 31.8 Å². The van der Waals surface area contributed by atoms with Crippen LogP contribution in [0.3, 0.4) is 0 Å². The molecule has 1 aliphatic rings. The minimum atomic E-state index is -3.69. The molecule has 3 aromatic rings. The maximum Gasteiger partial charge on any atom is 0.312 e. The van der Waals surface area contributed by atoms with E-state index in [4.69, 9.17) is 35.3 Å². The van der Waals surface area contributed by atoms with Gasteiger partial charge in [-0.1, -0.05) is 91.0 Å². The monoisotopic (exact) mass is 584 g/mol. The summed E-state index contributed by atoms with van der Waals surface area (Å²) in [6.07, 6.45) is -2.40. The maximum atomic E-state index is 13.0.